The topological polar surface area (TPSA) is 56.4 Å². The van der Waals surface area contributed by atoms with Crippen molar-refractivity contribution in [1.82, 2.24) is 14.8 Å². The number of H-pyrrole nitrogens is 1. The Morgan fingerprint density at radius 2 is 1.62 bits per heavy atom. The number of piperazine rings is 1. The van der Waals surface area contributed by atoms with Crippen molar-refractivity contribution in [3.05, 3.63) is 70.9 Å². The Morgan fingerprint density at radius 3 is 2.24 bits per heavy atom. The highest BCUT2D eigenvalue weighted by atomic mass is 19.4. The molecule has 2 amide bonds. The normalized spacial score (nSPS) is 16.9. The number of nitrogens with zero attached hydrogens (tertiary/aromatic N) is 2. The van der Waals surface area contributed by atoms with Crippen molar-refractivity contribution in [3.8, 4) is 0 Å². The standard InChI is InChI=1S/C26H25F6N3O2/c1-2-5-23(36)34-8-9-35(20(15-34)12-17-14-33-22-7-4-3-6-21(17)22)24(37)16-10-18(25(27,28)29)13-19(11-16)26(30,31)32/h3-4,6-7,10-11,13-14,20,33H,2,5,8-9,12,15H2,1H3/t20-/m1/s1. The van der Waals surface area contributed by atoms with Gasteiger partial charge in [0.1, 0.15) is 0 Å². The molecule has 0 aliphatic carbocycles. The van der Waals surface area contributed by atoms with E-state index in [0.717, 1.165) is 16.5 Å². The summed E-state index contributed by atoms with van der Waals surface area (Å²) in [5, 5.41) is 0.880. The van der Waals surface area contributed by atoms with E-state index in [-0.39, 0.29) is 38.0 Å². The summed E-state index contributed by atoms with van der Waals surface area (Å²) in [6.45, 7) is 2.10. The zero-order valence-corrected chi connectivity index (χ0v) is 19.9. The Morgan fingerprint density at radius 1 is 0.973 bits per heavy atom. The lowest BCUT2D eigenvalue weighted by Gasteiger charge is -2.42. The largest absolute Gasteiger partial charge is 0.416 e. The smallest absolute Gasteiger partial charge is 0.361 e. The lowest BCUT2D eigenvalue weighted by molar-refractivity contribution is -0.143. The van der Waals surface area contributed by atoms with Gasteiger partial charge in [-0.3, -0.25) is 9.59 Å². The monoisotopic (exact) mass is 525 g/mol. The van der Waals surface area contributed by atoms with Crippen molar-refractivity contribution >= 4 is 22.7 Å². The minimum Gasteiger partial charge on any atom is -0.361 e. The van der Waals surface area contributed by atoms with Gasteiger partial charge < -0.3 is 14.8 Å². The molecule has 37 heavy (non-hydrogen) atoms. The van der Waals surface area contributed by atoms with E-state index in [1.807, 2.05) is 31.2 Å². The highest BCUT2D eigenvalue weighted by molar-refractivity contribution is 5.95. The maximum Gasteiger partial charge on any atom is 0.416 e. The number of hydrogen-bond donors (Lipinski definition) is 1. The van der Waals surface area contributed by atoms with Gasteiger partial charge in [-0.25, -0.2) is 0 Å². The predicted octanol–water partition coefficient (Wildman–Crippen LogP) is 5.90. The van der Waals surface area contributed by atoms with E-state index < -0.39 is 41.0 Å². The van der Waals surface area contributed by atoms with Gasteiger partial charge in [0.25, 0.3) is 5.91 Å². The molecule has 1 saturated heterocycles. The van der Waals surface area contributed by atoms with Crippen LogP contribution in [0.3, 0.4) is 0 Å². The molecule has 2 aromatic carbocycles. The van der Waals surface area contributed by atoms with Gasteiger partial charge in [0, 0.05) is 48.7 Å². The zero-order valence-electron chi connectivity index (χ0n) is 19.9. The molecule has 1 aliphatic rings. The number of halogens is 6. The fourth-order valence-corrected chi connectivity index (χ4v) is 4.69. The molecule has 1 aliphatic heterocycles. The summed E-state index contributed by atoms with van der Waals surface area (Å²) in [6, 6.07) is 7.67. The highest BCUT2D eigenvalue weighted by Gasteiger charge is 2.39. The third-order valence-electron chi connectivity index (χ3n) is 6.53. The molecule has 0 unspecified atom stereocenters. The van der Waals surface area contributed by atoms with Crippen LogP contribution in [0.5, 0.6) is 0 Å². The molecule has 0 saturated carbocycles. The minimum absolute atomic E-state index is 0.00154. The van der Waals surface area contributed by atoms with Crippen molar-refractivity contribution in [2.45, 2.75) is 44.6 Å². The number of para-hydroxylation sites is 1. The van der Waals surface area contributed by atoms with Crippen LogP contribution < -0.4 is 0 Å². The third kappa shape index (κ3) is 5.75. The molecule has 3 aromatic rings. The summed E-state index contributed by atoms with van der Waals surface area (Å²) in [6.07, 6.45) is -7.19. The maximum atomic E-state index is 13.4. The van der Waals surface area contributed by atoms with Gasteiger partial charge >= 0.3 is 12.4 Å². The van der Waals surface area contributed by atoms with Crippen LogP contribution >= 0.6 is 0 Å². The molecule has 1 atom stereocenters. The Kier molecular flexibility index (Phi) is 7.25. The first-order valence-electron chi connectivity index (χ1n) is 11.8. The molecule has 1 fully saturated rings. The van der Waals surface area contributed by atoms with Crippen LogP contribution in [0.2, 0.25) is 0 Å². The number of carbonyl (C=O) groups excluding carboxylic acids is 2. The van der Waals surface area contributed by atoms with E-state index in [4.69, 9.17) is 0 Å². The average molecular weight is 525 g/mol. The fourth-order valence-electron chi connectivity index (χ4n) is 4.69. The van der Waals surface area contributed by atoms with Gasteiger partial charge in [-0.05, 0) is 42.7 Å². The maximum absolute atomic E-state index is 13.4. The van der Waals surface area contributed by atoms with Crippen LogP contribution in [0.1, 0.15) is 46.8 Å². The van der Waals surface area contributed by atoms with E-state index in [1.165, 1.54) is 4.90 Å². The van der Waals surface area contributed by atoms with Crippen LogP contribution in [0, 0.1) is 0 Å². The van der Waals surface area contributed by atoms with Gasteiger partial charge in [0.2, 0.25) is 5.91 Å². The summed E-state index contributed by atoms with van der Waals surface area (Å²) in [7, 11) is 0. The minimum atomic E-state index is -5.06. The fraction of sp³-hybridized carbons (Fsp3) is 0.385. The molecular weight excluding hydrogens is 500 g/mol. The molecule has 0 radical (unpaired) electrons. The van der Waals surface area contributed by atoms with Crippen LogP contribution in [0.4, 0.5) is 26.3 Å². The number of fused-ring (bicyclic) bond motifs is 1. The van der Waals surface area contributed by atoms with Gasteiger partial charge in [-0.15, -0.1) is 0 Å². The molecule has 0 bridgehead atoms. The van der Waals surface area contributed by atoms with E-state index in [9.17, 15) is 35.9 Å². The molecule has 11 heteroatoms. The van der Waals surface area contributed by atoms with E-state index >= 15 is 0 Å². The molecule has 4 rings (SSSR count). The third-order valence-corrected chi connectivity index (χ3v) is 6.53. The first-order chi connectivity index (χ1) is 17.4. The van der Waals surface area contributed by atoms with Crippen molar-refractivity contribution in [2.75, 3.05) is 19.6 Å². The number of hydrogen-bond acceptors (Lipinski definition) is 2. The number of alkyl halides is 6. The highest BCUT2D eigenvalue weighted by Crippen LogP contribution is 2.37. The van der Waals surface area contributed by atoms with Crippen molar-refractivity contribution < 1.29 is 35.9 Å². The number of amides is 2. The summed E-state index contributed by atoms with van der Waals surface area (Å²) in [4.78, 5) is 32.0. The average Bonchev–Trinajstić information content (AvgIpc) is 3.25. The van der Waals surface area contributed by atoms with Crippen molar-refractivity contribution in [2.24, 2.45) is 0 Å². The first-order valence-corrected chi connectivity index (χ1v) is 11.8. The number of rotatable bonds is 5. The number of aromatic nitrogens is 1. The van der Waals surface area contributed by atoms with E-state index in [0.29, 0.717) is 25.0 Å². The first kappa shape index (κ1) is 26.6. The summed E-state index contributed by atoms with van der Waals surface area (Å²) in [5.41, 5.74) is -2.12. The number of carbonyl (C=O) groups is 2. The lowest BCUT2D eigenvalue weighted by atomic mass is 9.98. The van der Waals surface area contributed by atoms with Crippen molar-refractivity contribution in [3.63, 3.8) is 0 Å². The van der Waals surface area contributed by atoms with Crippen LogP contribution in [-0.4, -0.2) is 52.3 Å². The van der Waals surface area contributed by atoms with Crippen LogP contribution in [-0.2, 0) is 23.6 Å². The van der Waals surface area contributed by atoms with Crippen molar-refractivity contribution in [1.29, 1.82) is 0 Å². The van der Waals surface area contributed by atoms with Crippen LogP contribution in [0.25, 0.3) is 10.9 Å². The number of nitrogens with one attached hydrogen (secondary N) is 1. The lowest BCUT2D eigenvalue weighted by Crippen LogP contribution is -2.57. The van der Waals surface area contributed by atoms with Gasteiger partial charge in [0.15, 0.2) is 0 Å². The number of benzene rings is 2. The Bertz CT molecular complexity index is 1270. The van der Waals surface area contributed by atoms with Crippen LogP contribution in [0.15, 0.2) is 48.7 Å². The molecule has 5 nitrogen and oxygen atoms in total. The summed E-state index contributed by atoms with van der Waals surface area (Å²) >= 11 is 0. The van der Waals surface area contributed by atoms with Gasteiger partial charge in [-0.1, -0.05) is 25.1 Å². The molecule has 0 spiro atoms. The molecular formula is C26H25F6N3O2. The molecule has 1 aromatic heterocycles. The molecule has 198 valence electrons. The Labute approximate surface area is 209 Å². The quantitative estimate of drug-likeness (QED) is 0.422. The zero-order chi connectivity index (χ0) is 27.0. The van der Waals surface area contributed by atoms with E-state index in [2.05, 4.69) is 4.98 Å². The van der Waals surface area contributed by atoms with Gasteiger partial charge in [0.05, 0.1) is 17.2 Å². The summed E-state index contributed by atoms with van der Waals surface area (Å²) in [5.74, 6) is -1.05. The Balaban J connectivity index is 1.71. The second kappa shape index (κ2) is 10.1. The Hall–Kier alpha value is -3.50. The molecule has 1 N–H and O–H groups in total. The van der Waals surface area contributed by atoms with Gasteiger partial charge in [-0.2, -0.15) is 26.3 Å². The SMILES string of the molecule is CCCC(=O)N1CCN(C(=O)c2cc(C(F)(F)F)cc(C(F)(F)F)c2)[C@H](Cc2c[nH]c3ccccc23)C1. The predicted molar refractivity (Wildman–Crippen MR) is 125 cm³/mol. The second-order valence-electron chi connectivity index (χ2n) is 9.10. The second-order valence-corrected chi connectivity index (χ2v) is 9.10. The molecule has 2 heterocycles. The summed E-state index contributed by atoms with van der Waals surface area (Å²) < 4.78 is 80.3. The van der Waals surface area contributed by atoms with E-state index in [1.54, 1.807) is 11.1 Å². The number of aromatic amines is 1.